The second-order valence-electron chi connectivity index (χ2n) is 3.79. The summed E-state index contributed by atoms with van der Waals surface area (Å²) in [6.07, 6.45) is 0. The highest BCUT2D eigenvalue weighted by Crippen LogP contribution is 2.23. The van der Waals surface area contributed by atoms with E-state index in [1.807, 2.05) is 6.92 Å². The molecule has 0 saturated heterocycles. The minimum absolute atomic E-state index is 0.148. The third-order valence-corrected chi connectivity index (χ3v) is 2.45. The number of hydrogen-bond acceptors (Lipinski definition) is 5. The number of primary amides is 1. The Morgan fingerprint density at radius 1 is 1.37 bits per heavy atom. The molecule has 1 rings (SSSR count). The minimum atomic E-state index is -0.766. The molecule has 0 aromatic heterocycles. The zero-order valence-corrected chi connectivity index (χ0v) is 11.1. The fraction of sp³-hybridized carbons (Fsp3) is 0.333. The zero-order valence-electron chi connectivity index (χ0n) is 11.1. The van der Waals surface area contributed by atoms with Gasteiger partial charge in [0.2, 0.25) is 0 Å². The molecule has 19 heavy (non-hydrogen) atoms. The monoisotopic (exact) mass is 267 g/mol. The maximum absolute atomic E-state index is 11.3. The quantitative estimate of drug-likeness (QED) is 0.600. The third-order valence-electron chi connectivity index (χ3n) is 2.45. The minimum Gasteiger partial charge on any atom is -0.496 e. The highest BCUT2D eigenvalue weighted by molar-refractivity contribution is 5.79. The van der Waals surface area contributed by atoms with E-state index in [1.54, 1.807) is 25.3 Å². The van der Waals surface area contributed by atoms with Crippen LogP contribution in [0.4, 0.5) is 10.5 Å². The number of anilines is 1. The van der Waals surface area contributed by atoms with Crippen molar-refractivity contribution in [2.75, 3.05) is 25.8 Å². The second kappa shape index (κ2) is 6.48. The molecular weight excluding hydrogens is 250 g/mol. The first-order valence-corrected chi connectivity index (χ1v) is 5.53. The molecule has 0 saturated carbocycles. The molecule has 0 aliphatic heterocycles. The van der Waals surface area contributed by atoms with Gasteiger partial charge in [-0.05, 0) is 30.7 Å². The van der Waals surface area contributed by atoms with Gasteiger partial charge in [0.15, 0.2) is 0 Å². The Morgan fingerprint density at radius 2 is 2.05 bits per heavy atom. The standard InChI is InChI=1S/C12H17N3O4/c1-8-6-9(4-5-10(8)18-2)15(14-12(13)17)7-11(16)19-3/h4-6H,7H2,1-3H3,(H3,13,14,17). The predicted octanol–water partition coefficient (Wildman–Crippen LogP) is 0.566. The van der Waals surface area contributed by atoms with Crippen molar-refractivity contribution >= 4 is 17.7 Å². The number of methoxy groups -OCH3 is 2. The number of rotatable bonds is 5. The first-order chi connectivity index (χ1) is 8.97. The largest absolute Gasteiger partial charge is 0.496 e. The molecule has 0 spiro atoms. The van der Waals surface area contributed by atoms with Crippen LogP contribution in [0.15, 0.2) is 18.2 Å². The van der Waals surface area contributed by atoms with Crippen molar-refractivity contribution in [1.29, 1.82) is 0 Å². The molecule has 1 aromatic rings. The van der Waals surface area contributed by atoms with Crippen LogP contribution in [-0.4, -0.2) is 32.8 Å². The predicted molar refractivity (Wildman–Crippen MR) is 69.8 cm³/mol. The molecule has 0 fully saturated rings. The average molecular weight is 267 g/mol. The van der Waals surface area contributed by atoms with Gasteiger partial charge in [0, 0.05) is 0 Å². The van der Waals surface area contributed by atoms with Crippen molar-refractivity contribution in [3.05, 3.63) is 23.8 Å². The lowest BCUT2D eigenvalue weighted by molar-refractivity contribution is -0.139. The van der Waals surface area contributed by atoms with E-state index in [1.165, 1.54) is 12.1 Å². The molecule has 3 N–H and O–H groups in total. The van der Waals surface area contributed by atoms with Crippen LogP contribution in [-0.2, 0) is 9.53 Å². The summed E-state index contributed by atoms with van der Waals surface area (Å²) in [6, 6.07) is 4.43. The van der Waals surface area contributed by atoms with Gasteiger partial charge in [-0.25, -0.2) is 10.2 Å². The molecule has 7 heteroatoms. The van der Waals surface area contributed by atoms with E-state index >= 15 is 0 Å². The van der Waals surface area contributed by atoms with E-state index in [9.17, 15) is 9.59 Å². The molecule has 0 aliphatic rings. The molecule has 0 aliphatic carbocycles. The number of nitrogens with one attached hydrogen (secondary N) is 1. The van der Waals surface area contributed by atoms with Crippen molar-refractivity contribution in [2.24, 2.45) is 5.73 Å². The molecule has 0 radical (unpaired) electrons. The number of nitrogens with zero attached hydrogens (tertiary/aromatic N) is 1. The van der Waals surface area contributed by atoms with E-state index < -0.39 is 12.0 Å². The Labute approximate surface area is 111 Å². The molecule has 0 atom stereocenters. The van der Waals surface area contributed by atoms with E-state index in [0.29, 0.717) is 11.4 Å². The highest BCUT2D eigenvalue weighted by Gasteiger charge is 2.14. The van der Waals surface area contributed by atoms with Gasteiger partial charge in [0.05, 0.1) is 19.9 Å². The Hall–Kier alpha value is -2.44. The smallest absolute Gasteiger partial charge is 0.330 e. The van der Waals surface area contributed by atoms with Crippen LogP contribution in [0.1, 0.15) is 5.56 Å². The summed E-state index contributed by atoms with van der Waals surface area (Å²) in [5.74, 6) is 0.211. The van der Waals surface area contributed by atoms with Gasteiger partial charge in [0.1, 0.15) is 12.3 Å². The maximum atomic E-state index is 11.3. The fourth-order valence-corrected chi connectivity index (χ4v) is 1.55. The number of urea groups is 1. The summed E-state index contributed by atoms with van der Waals surface area (Å²) in [5, 5.41) is 1.31. The lowest BCUT2D eigenvalue weighted by Gasteiger charge is -2.23. The van der Waals surface area contributed by atoms with Gasteiger partial charge >= 0.3 is 12.0 Å². The van der Waals surface area contributed by atoms with Crippen LogP contribution >= 0.6 is 0 Å². The first kappa shape index (κ1) is 14.6. The molecule has 2 amide bonds. The molecule has 0 unspecified atom stereocenters. The number of ether oxygens (including phenoxy) is 2. The Bertz CT molecular complexity index is 476. The van der Waals surface area contributed by atoms with Crippen molar-refractivity contribution in [2.45, 2.75) is 6.92 Å². The van der Waals surface area contributed by atoms with Crippen molar-refractivity contribution in [1.82, 2.24) is 5.43 Å². The molecule has 0 bridgehead atoms. The van der Waals surface area contributed by atoms with Crippen LogP contribution in [0.3, 0.4) is 0 Å². The normalized spacial score (nSPS) is 9.63. The van der Waals surface area contributed by atoms with E-state index in [2.05, 4.69) is 10.2 Å². The lowest BCUT2D eigenvalue weighted by atomic mass is 10.2. The number of carbonyl (C=O) groups excluding carboxylic acids is 2. The third kappa shape index (κ3) is 4.06. The van der Waals surface area contributed by atoms with Gasteiger partial charge in [-0.3, -0.25) is 9.80 Å². The summed E-state index contributed by atoms with van der Waals surface area (Å²) in [5.41, 5.74) is 8.89. The van der Waals surface area contributed by atoms with Gasteiger partial charge < -0.3 is 15.2 Å². The summed E-state index contributed by atoms with van der Waals surface area (Å²) < 4.78 is 9.70. The number of benzene rings is 1. The fourth-order valence-electron chi connectivity index (χ4n) is 1.55. The number of nitrogens with two attached hydrogens (primary N) is 1. The van der Waals surface area contributed by atoms with E-state index in [-0.39, 0.29) is 6.54 Å². The van der Waals surface area contributed by atoms with Crippen LogP contribution in [0.25, 0.3) is 0 Å². The molecular formula is C12H17N3O4. The van der Waals surface area contributed by atoms with Gasteiger partial charge in [-0.15, -0.1) is 0 Å². The number of hydrazine groups is 1. The summed E-state index contributed by atoms with van der Waals surface area (Å²) >= 11 is 0. The Balaban J connectivity index is 2.99. The van der Waals surface area contributed by atoms with Crippen LogP contribution in [0.5, 0.6) is 5.75 Å². The van der Waals surface area contributed by atoms with Gasteiger partial charge in [-0.2, -0.15) is 0 Å². The number of aryl methyl sites for hydroxylation is 1. The van der Waals surface area contributed by atoms with Crippen molar-refractivity contribution < 1.29 is 19.1 Å². The molecule has 1 aromatic carbocycles. The second-order valence-corrected chi connectivity index (χ2v) is 3.79. The SMILES string of the molecule is COC(=O)CN(NC(N)=O)c1ccc(OC)c(C)c1. The van der Waals surface area contributed by atoms with E-state index in [4.69, 9.17) is 10.5 Å². The highest BCUT2D eigenvalue weighted by atomic mass is 16.5. The zero-order chi connectivity index (χ0) is 14.4. The van der Waals surface area contributed by atoms with Crippen molar-refractivity contribution in [3.8, 4) is 5.75 Å². The maximum Gasteiger partial charge on any atom is 0.330 e. The number of esters is 1. The number of amides is 2. The van der Waals surface area contributed by atoms with Crippen LogP contribution in [0.2, 0.25) is 0 Å². The Morgan fingerprint density at radius 3 is 2.53 bits per heavy atom. The average Bonchev–Trinajstić information content (AvgIpc) is 2.37. The molecule has 104 valence electrons. The van der Waals surface area contributed by atoms with Crippen LogP contribution in [0, 0.1) is 6.92 Å². The summed E-state index contributed by atoms with van der Waals surface area (Å²) in [7, 11) is 2.83. The van der Waals surface area contributed by atoms with Crippen molar-refractivity contribution in [3.63, 3.8) is 0 Å². The molecule has 7 nitrogen and oxygen atoms in total. The van der Waals surface area contributed by atoms with Gasteiger partial charge in [0.25, 0.3) is 0 Å². The topological polar surface area (TPSA) is 93.9 Å². The molecule has 0 heterocycles. The lowest BCUT2D eigenvalue weighted by Crippen LogP contribution is -2.48. The Kier molecular flexibility index (Phi) is 4.99. The van der Waals surface area contributed by atoms with Gasteiger partial charge in [-0.1, -0.05) is 0 Å². The first-order valence-electron chi connectivity index (χ1n) is 5.53. The summed E-state index contributed by atoms with van der Waals surface area (Å²) in [6.45, 7) is 1.70. The number of carbonyl (C=O) groups is 2. The number of hydrogen-bond donors (Lipinski definition) is 2. The van der Waals surface area contributed by atoms with Crippen LogP contribution < -0.4 is 20.9 Å². The summed E-state index contributed by atoms with van der Waals surface area (Å²) in [4.78, 5) is 22.3. The van der Waals surface area contributed by atoms with E-state index in [0.717, 1.165) is 5.56 Å².